The van der Waals surface area contributed by atoms with Crippen molar-refractivity contribution in [2.45, 2.75) is 50.6 Å². The Labute approximate surface area is 189 Å². The minimum absolute atomic E-state index is 0.00173. The fraction of sp³-hybridized carbons (Fsp3) is 0.480. The van der Waals surface area contributed by atoms with Gasteiger partial charge >= 0.3 is 0 Å². The second kappa shape index (κ2) is 8.90. The number of nitrogens with one attached hydrogen (secondary N) is 2. The van der Waals surface area contributed by atoms with Crippen LogP contribution in [0.15, 0.2) is 42.6 Å². The van der Waals surface area contributed by atoms with Crippen molar-refractivity contribution >= 4 is 17.4 Å². The summed E-state index contributed by atoms with van der Waals surface area (Å²) in [7, 11) is 4.20. The maximum atomic E-state index is 12.9. The number of nitrogens with zero attached hydrogens (tertiary/aromatic N) is 4. The molecule has 0 radical (unpaired) electrons. The zero-order valence-electron chi connectivity index (χ0n) is 18.9. The highest BCUT2D eigenvalue weighted by Gasteiger charge is 2.28. The molecule has 2 aliphatic rings. The molecule has 7 nitrogen and oxygen atoms in total. The van der Waals surface area contributed by atoms with E-state index >= 15 is 0 Å². The van der Waals surface area contributed by atoms with Crippen LogP contribution in [0.1, 0.15) is 48.9 Å². The zero-order chi connectivity index (χ0) is 22.1. The number of carbonyl (C=O) groups is 1. The van der Waals surface area contributed by atoms with Crippen LogP contribution in [0.2, 0.25) is 0 Å². The lowest BCUT2D eigenvalue weighted by Crippen LogP contribution is -2.51. The first-order valence-electron chi connectivity index (χ1n) is 11.7. The van der Waals surface area contributed by atoms with Gasteiger partial charge in [0.1, 0.15) is 5.82 Å². The van der Waals surface area contributed by atoms with E-state index in [9.17, 15) is 4.79 Å². The van der Waals surface area contributed by atoms with E-state index in [-0.39, 0.29) is 11.9 Å². The third-order valence-corrected chi connectivity index (χ3v) is 6.78. The fourth-order valence-electron chi connectivity index (χ4n) is 4.68. The fourth-order valence-corrected chi connectivity index (χ4v) is 4.68. The van der Waals surface area contributed by atoms with E-state index in [1.165, 1.54) is 25.7 Å². The molecule has 168 valence electrons. The summed E-state index contributed by atoms with van der Waals surface area (Å²) in [4.78, 5) is 19.6. The van der Waals surface area contributed by atoms with Gasteiger partial charge < -0.3 is 15.5 Å². The lowest BCUT2D eigenvalue weighted by Gasteiger charge is -2.36. The number of carbonyl (C=O) groups excluding carboxylic acids is 1. The SMILES string of the molecule is CN(C)[C@@H]1CCCC[C@H]1NC(=O)c1ccc(-c2cnc3ccc(NCC4CC4)nn23)cc1. The Balaban J connectivity index is 1.31. The summed E-state index contributed by atoms with van der Waals surface area (Å²) >= 11 is 0. The number of likely N-dealkylation sites (N-methyl/N-ethyl adjacent to an activating group) is 1. The molecule has 0 unspecified atom stereocenters. The largest absolute Gasteiger partial charge is 0.368 e. The van der Waals surface area contributed by atoms with Crippen LogP contribution in [0.4, 0.5) is 5.82 Å². The molecule has 2 saturated carbocycles. The molecule has 1 aromatic carbocycles. The van der Waals surface area contributed by atoms with E-state index in [2.05, 4.69) is 34.6 Å². The Hall–Kier alpha value is -2.93. The number of rotatable bonds is 7. The van der Waals surface area contributed by atoms with Crippen LogP contribution in [0.5, 0.6) is 0 Å². The topological polar surface area (TPSA) is 74.6 Å². The van der Waals surface area contributed by atoms with Crippen LogP contribution >= 0.6 is 0 Å². The first-order chi connectivity index (χ1) is 15.6. The molecule has 2 atom stereocenters. The Morgan fingerprint density at radius 2 is 1.84 bits per heavy atom. The third kappa shape index (κ3) is 4.48. The summed E-state index contributed by atoms with van der Waals surface area (Å²) in [6.07, 6.45) is 9.03. The van der Waals surface area contributed by atoms with Crippen molar-refractivity contribution < 1.29 is 4.79 Å². The summed E-state index contributed by atoms with van der Waals surface area (Å²) < 4.78 is 1.87. The molecule has 0 aliphatic heterocycles. The molecule has 0 bridgehead atoms. The van der Waals surface area contributed by atoms with E-state index < -0.39 is 0 Å². The maximum absolute atomic E-state index is 12.9. The number of hydrogen-bond donors (Lipinski definition) is 2. The second-order valence-corrected chi connectivity index (χ2v) is 9.43. The first kappa shape index (κ1) is 20.9. The molecule has 3 aromatic rings. The molecule has 2 aliphatic carbocycles. The van der Waals surface area contributed by atoms with E-state index in [4.69, 9.17) is 5.10 Å². The molecule has 2 fully saturated rings. The number of benzene rings is 1. The highest BCUT2D eigenvalue weighted by molar-refractivity contribution is 5.94. The van der Waals surface area contributed by atoms with E-state index in [1.807, 2.05) is 47.1 Å². The van der Waals surface area contributed by atoms with Gasteiger partial charge in [-0.05, 0) is 70.0 Å². The number of anilines is 1. The van der Waals surface area contributed by atoms with Crippen molar-refractivity contribution in [2.24, 2.45) is 5.92 Å². The predicted octanol–water partition coefficient (Wildman–Crippen LogP) is 3.82. The van der Waals surface area contributed by atoms with Gasteiger partial charge in [0.05, 0.1) is 11.9 Å². The maximum Gasteiger partial charge on any atom is 0.251 e. The van der Waals surface area contributed by atoms with Crippen LogP contribution in [0, 0.1) is 5.92 Å². The van der Waals surface area contributed by atoms with E-state index in [0.717, 1.165) is 48.0 Å². The van der Waals surface area contributed by atoms with Gasteiger partial charge in [-0.25, -0.2) is 9.50 Å². The summed E-state index contributed by atoms with van der Waals surface area (Å²) in [5.41, 5.74) is 3.41. The minimum atomic E-state index is -0.00173. The van der Waals surface area contributed by atoms with Crippen molar-refractivity contribution in [3.05, 3.63) is 48.2 Å². The van der Waals surface area contributed by atoms with Crippen molar-refractivity contribution in [3.63, 3.8) is 0 Å². The molecule has 5 rings (SSSR count). The number of hydrogen-bond acceptors (Lipinski definition) is 5. The average molecular weight is 433 g/mol. The van der Waals surface area contributed by atoms with Crippen LogP contribution in [0.25, 0.3) is 16.9 Å². The average Bonchev–Trinajstić information content (AvgIpc) is 3.55. The standard InChI is InChI=1S/C25H32N6O/c1-30(2)21-6-4-3-5-20(21)28-25(32)19-11-9-18(10-12-19)22-16-27-24-14-13-23(29-31(22)24)26-15-17-7-8-17/h9-14,16-17,20-21H,3-8,15H2,1-2H3,(H,26,29)(H,28,32)/t20-,21-/m1/s1. The van der Waals surface area contributed by atoms with Crippen molar-refractivity contribution in [1.82, 2.24) is 24.8 Å². The van der Waals surface area contributed by atoms with E-state index in [1.54, 1.807) is 0 Å². The molecule has 32 heavy (non-hydrogen) atoms. The summed E-state index contributed by atoms with van der Waals surface area (Å²) in [6, 6.07) is 12.3. The Kier molecular flexibility index (Phi) is 5.83. The Morgan fingerprint density at radius 3 is 2.59 bits per heavy atom. The molecule has 0 saturated heterocycles. The lowest BCUT2D eigenvalue weighted by atomic mass is 9.89. The van der Waals surface area contributed by atoms with Gasteiger partial charge in [-0.3, -0.25) is 4.79 Å². The second-order valence-electron chi connectivity index (χ2n) is 9.43. The minimum Gasteiger partial charge on any atom is -0.368 e. The molecular weight excluding hydrogens is 400 g/mol. The van der Waals surface area contributed by atoms with Gasteiger partial charge in [-0.2, -0.15) is 0 Å². The number of fused-ring (bicyclic) bond motifs is 1. The molecule has 2 N–H and O–H groups in total. The zero-order valence-corrected chi connectivity index (χ0v) is 18.9. The smallest absolute Gasteiger partial charge is 0.251 e. The van der Waals surface area contributed by atoms with Gasteiger partial charge in [-0.15, -0.1) is 5.10 Å². The summed E-state index contributed by atoms with van der Waals surface area (Å²) in [6.45, 7) is 0.974. The van der Waals surface area contributed by atoms with E-state index in [0.29, 0.717) is 11.6 Å². The normalized spacial score (nSPS) is 21.1. The third-order valence-electron chi connectivity index (χ3n) is 6.78. The van der Waals surface area contributed by atoms with Gasteiger partial charge in [0.25, 0.3) is 5.91 Å². The van der Waals surface area contributed by atoms with Crippen LogP contribution in [-0.2, 0) is 0 Å². The Bertz CT molecular complexity index is 1090. The quantitative estimate of drug-likeness (QED) is 0.594. The van der Waals surface area contributed by atoms with Gasteiger partial charge in [0.2, 0.25) is 0 Å². The van der Waals surface area contributed by atoms with Crippen LogP contribution in [-0.4, -0.2) is 58.1 Å². The number of imidazole rings is 1. The molecule has 7 heteroatoms. The van der Waals surface area contributed by atoms with Crippen molar-refractivity contribution in [1.29, 1.82) is 0 Å². The molecule has 1 amide bonds. The highest BCUT2D eigenvalue weighted by atomic mass is 16.1. The Morgan fingerprint density at radius 1 is 1.06 bits per heavy atom. The molecular formula is C25H32N6O. The van der Waals surface area contributed by atoms with Crippen LogP contribution < -0.4 is 10.6 Å². The number of amides is 1. The molecule has 2 heterocycles. The predicted molar refractivity (Wildman–Crippen MR) is 127 cm³/mol. The summed E-state index contributed by atoms with van der Waals surface area (Å²) in [5, 5.41) is 11.4. The van der Waals surface area contributed by atoms with Crippen LogP contribution in [0.3, 0.4) is 0 Å². The monoisotopic (exact) mass is 432 g/mol. The molecule has 0 spiro atoms. The van der Waals surface area contributed by atoms with Gasteiger partial charge in [0, 0.05) is 29.8 Å². The van der Waals surface area contributed by atoms with Gasteiger partial charge in [0.15, 0.2) is 5.65 Å². The number of aromatic nitrogens is 3. The van der Waals surface area contributed by atoms with Gasteiger partial charge in [-0.1, -0.05) is 25.0 Å². The van der Waals surface area contributed by atoms with Crippen molar-refractivity contribution in [3.8, 4) is 11.3 Å². The highest BCUT2D eigenvalue weighted by Crippen LogP contribution is 2.29. The lowest BCUT2D eigenvalue weighted by molar-refractivity contribution is 0.0883. The molecule has 2 aromatic heterocycles. The first-order valence-corrected chi connectivity index (χ1v) is 11.7. The van der Waals surface area contributed by atoms with Crippen molar-refractivity contribution in [2.75, 3.05) is 26.0 Å². The summed E-state index contributed by atoms with van der Waals surface area (Å²) in [5.74, 6) is 1.65.